The lowest BCUT2D eigenvalue weighted by atomic mass is 10.2. The van der Waals surface area contributed by atoms with E-state index >= 15 is 0 Å². The van der Waals surface area contributed by atoms with Crippen molar-refractivity contribution in [2.75, 3.05) is 18.2 Å². The summed E-state index contributed by atoms with van der Waals surface area (Å²) in [5.74, 6) is 0.566. The zero-order chi connectivity index (χ0) is 22.5. The fraction of sp³-hybridized carbons (Fsp3) is 0.0870. The van der Waals surface area contributed by atoms with Gasteiger partial charge in [-0.15, -0.1) is 10.2 Å². The molecule has 4 rings (SSSR count). The maximum absolute atomic E-state index is 14.5. The van der Waals surface area contributed by atoms with E-state index in [4.69, 9.17) is 4.74 Å². The Morgan fingerprint density at radius 3 is 2.47 bits per heavy atom. The number of amides is 1. The third-order valence-corrected chi connectivity index (χ3v) is 6.00. The molecule has 0 unspecified atom stereocenters. The first-order valence-electron chi connectivity index (χ1n) is 9.58. The van der Waals surface area contributed by atoms with Crippen LogP contribution in [0.2, 0.25) is 0 Å². The first kappa shape index (κ1) is 22.0. The number of hydrogen-bond acceptors (Lipinski definition) is 5. The highest BCUT2D eigenvalue weighted by atomic mass is 79.9. The minimum atomic E-state index is -0.404. The number of nitrogens with one attached hydrogen (secondary N) is 1. The van der Waals surface area contributed by atoms with Gasteiger partial charge in [-0.05, 0) is 60.7 Å². The maximum Gasteiger partial charge on any atom is 0.234 e. The number of methoxy groups -OCH3 is 1. The Balaban J connectivity index is 1.62. The number of halogens is 2. The number of anilines is 1. The summed E-state index contributed by atoms with van der Waals surface area (Å²) in [7, 11) is 1.59. The molecule has 0 atom stereocenters. The fourth-order valence-electron chi connectivity index (χ4n) is 3.00. The van der Waals surface area contributed by atoms with E-state index in [1.54, 1.807) is 42.0 Å². The summed E-state index contributed by atoms with van der Waals surface area (Å²) < 4.78 is 22.4. The zero-order valence-corrected chi connectivity index (χ0v) is 19.4. The summed E-state index contributed by atoms with van der Waals surface area (Å²) in [6, 6.07) is 21.0. The molecule has 0 bridgehead atoms. The third-order valence-electron chi connectivity index (χ3n) is 4.54. The molecule has 0 aliphatic carbocycles. The molecule has 4 aromatic rings. The molecule has 9 heteroatoms. The molecular weight excluding hydrogens is 495 g/mol. The van der Waals surface area contributed by atoms with Crippen molar-refractivity contribution in [3.63, 3.8) is 0 Å². The molecule has 1 heterocycles. The van der Waals surface area contributed by atoms with Crippen LogP contribution in [0.3, 0.4) is 0 Å². The molecular formula is C23H18BrFN4O2S. The molecule has 0 fully saturated rings. The lowest BCUT2D eigenvalue weighted by molar-refractivity contribution is -0.113. The first-order valence-corrected chi connectivity index (χ1v) is 11.4. The molecule has 0 radical (unpaired) electrons. The average Bonchev–Trinajstić information content (AvgIpc) is 3.23. The molecule has 3 aromatic carbocycles. The van der Waals surface area contributed by atoms with Crippen LogP contribution in [0.25, 0.3) is 17.1 Å². The number of nitrogens with zero attached hydrogens (tertiary/aromatic N) is 3. The van der Waals surface area contributed by atoms with Crippen LogP contribution < -0.4 is 10.1 Å². The van der Waals surface area contributed by atoms with Gasteiger partial charge in [0.1, 0.15) is 11.6 Å². The minimum absolute atomic E-state index is 0.113. The highest BCUT2D eigenvalue weighted by Crippen LogP contribution is 2.30. The van der Waals surface area contributed by atoms with E-state index in [2.05, 4.69) is 31.4 Å². The van der Waals surface area contributed by atoms with Crippen LogP contribution in [0.1, 0.15) is 0 Å². The second-order valence-electron chi connectivity index (χ2n) is 6.66. The Labute approximate surface area is 197 Å². The van der Waals surface area contributed by atoms with Crippen molar-refractivity contribution in [3.8, 4) is 22.8 Å². The van der Waals surface area contributed by atoms with Gasteiger partial charge in [0.05, 0.1) is 24.1 Å². The largest absolute Gasteiger partial charge is 0.497 e. The van der Waals surface area contributed by atoms with Gasteiger partial charge in [-0.3, -0.25) is 9.36 Å². The second kappa shape index (κ2) is 9.97. The van der Waals surface area contributed by atoms with Crippen LogP contribution >= 0.6 is 27.7 Å². The summed E-state index contributed by atoms with van der Waals surface area (Å²) in [4.78, 5) is 12.5. The van der Waals surface area contributed by atoms with E-state index in [-0.39, 0.29) is 11.7 Å². The van der Waals surface area contributed by atoms with Gasteiger partial charge in [0.15, 0.2) is 11.0 Å². The van der Waals surface area contributed by atoms with Gasteiger partial charge in [0.25, 0.3) is 0 Å². The van der Waals surface area contributed by atoms with Gasteiger partial charge >= 0.3 is 0 Å². The van der Waals surface area contributed by atoms with Crippen LogP contribution in [0.15, 0.2) is 82.4 Å². The second-order valence-corrected chi connectivity index (χ2v) is 8.52. The highest BCUT2D eigenvalue weighted by Gasteiger charge is 2.19. The van der Waals surface area contributed by atoms with Crippen LogP contribution in [-0.2, 0) is 4.79 Å². The van der Waals surface area contributed by atoms with E-state index in [1.165, 1.54) is 17.8 Å². The summed E-state index contributed by atoms with van der Waals surface area (Å²) in [6.45, 7) is 0. The van der Waals surface area contributed by atoms with Crippen LogP contribution in [-0.4, -0.2) is 33.5 Å². The third kappa shape index (κ3) is 5.00. The Hall–Kier alpha value is -3.17. The van der Waals surface area contributed by atoms with Crippen molar-refractivity contribution in [2.24, 2.45) is 0 Å². The topological polar surface area (TPSA) is 69.0 Å². The number of rotatable bonds is 7. The number of ether oxygens (including phenoxy) is 1. The lowest BCUT2D eigenvalue weighted by Gasteiger charge is -2.11. The number of aromatic nitrogens is 3. The first-order chi connectivity index (χ1) is 15.5. The van der Waals surface area contributed by atoms with Gasteiger partial charge in [0, 0.05) is 10.2 Å². The van der Waals surface area contributed by atoms with Crippen LogP contribution in [0.4, 0.5) is 10.1 Å². The molecule has 32 heavy (non-hydrogen) atoms. The van der Waals surface area contributed by atoms with Crippen molar-refractivity contribution in [2.45, 2.75) is 5.16 Å². The Bertz CT molecular complexity index is 1230. The van der Waals surface area contributed by atoms with Gasteiger partial charge in [0.2, 0.25) is 5.91 Å². The molecule has 0 spiro atoms. The molecule has 6 nitrogen and oxygen atoms in total. The highest BCUT2D eigenvalue weighted by molar-refractivity contribution is 9.10. The van der Waals surface area contributed by atoms with Crippen molar-refractivity contribution in [1.82, 2.24) is 14.8 Å². The van der Waals surface area contributed by atoms with E-state index in [0.717, 1.165) is 10.2 Å². The van der Waals surface area contributed by atoms with Crippen LogP contribution in [0.5, 0.6) is 5.75 Å². The number of thioether (sulfide) groups is 1. The quantitative estimate of drug-likeness (QED) is 0.327. The summed E-state index contributed by atoms with van der Waals surface area (Å²) >= 11 is 4.59. The number of hydrogen-bond donors (Lipinski definition) is 1. The fourth-order valence-corrected chi connectivity index (χ4v) is 4.02. The van der Waals surface area contributed by atoms with Gasteiger partial charge in [-0.2, -0.15) is 0 Å². The molecule has 1 aromatic heterocycles. The van der Waals surface area contributed by atoms with Gasteiger partial charge < -0.3 is 10.1 Å². The summed E-state index contributed by atoms with van der Waals surface area (Å²) in [5.41, 5.74) is 1.74. The molecule has 162 valence electrons. The van der Waals surface area contributed by atoms with Crippen molar-refractivity contribution in [3.05, 3.63) is 83.1 Å². The number of carbonyl (C=O) groups is 1. The Morgan fingerprint density at radius 2 is 1.78 bits per heavy atom. The average molecular weight is 513 g/mol. The van der Waals surface area contributed by atoms with Crippen molar-refractivity contribution in [1.29, 1.82) is 0 Å². The molecule has 0 saturated carbocycles. The van der Waals surface area contributed by atoms with Gasteiger partial charge in [-0.25, -0.2) is 4.39 Å². The zero-order valence-electron chi connectivity index (χ0n) is 17.0. The normalized spacial score (nSPS) is 10.7. The number of benzene rings is 3. The number of carbonyl (C=O) groups excluding carboxylic acids is 1. The van der Waals surface area contributed by atoms with Crippen LogP contribution in [0, 0.1) is 5.82 Å². The van der Waals surface area contributed by atoms with E-state index < -0.39 is 5.82 Å². The Morgan fingerprint density at radius 1 is 1.06 bits per heavy atom. The minimum Gasteiger partial charge on any atom is -0.497 e. The van der Waals surface area contributed by atoms with Crippen molar-refractivity contribution < 1.29 is 13.9 Å². The summed E-state index contributed by atoms with van der Waals surface area (Å²) in [6.07, 6.45) is 0. The molecule has 0 aliphatic heterocycles. The predicted molar refractivity (Wildman–Crippen MR) is 127 cm³/mol. The molecule has 0 saturated heterocycles. The Kier molecular flexibility index (Phi) is 6.87. The monoisotopic (exact) mass is 512 g/mol. The van der Waals surface area contributed by atoms with E-state index in [9.17, 15) is 9.18 Å². The van der Waals surface area contributed by atoms with Crippen molar-refractivity contribution >= 4 is 39.3 Å². The standard InChI is InChI=1S/C23H18BrFN4O2S/c1-31-18-12-10-17(11-13-18)29-22(19-4-2-3-5-20(19)25)27-28-23(29)32-14-21(30)26-16-8-6-15(24)7-9-16/h2-13H,14H2,1H3,(H,26,30). The molecule has 1 N–H and O–H groups in total. The van der Waals surface area contributed by atoms with Gasteiger partial charge in [-0.1, -0.05) is 39.8 Å². The maximum atomic E-state index is 14.5. The van der Waals surface area contributed by atoms with E-state index in [1.807, 2.05) is 36.4 Å². The SMILES string of the molecule is COc1ccc(-n2c(SCC(=O)Nc3ccc(Br)cc3)nnc2-c2ccccc2F)cc1. The predicted octanol–water partition coefficient (Wildman–Crippen LogP) is 5.58. The lowest BCUT2D eigenvalue weighted by Crippen LogP contribution is -2.14. The molecule has 0 aliphatic rings. The van der Waals surface area contributed by atoms with E-state index in [0.29, 0.717) is 28.0 Å². The smallest absolute Gasteiger partial charge is 0.234 e. The molecule has 1 amide bonds. The summed E-state index contributed by atoms with van der Waals surface area (Å²) in [5, 5.41) is 11.8.